The van der Waals surface area contributed by atoms with Crippen molar-refractivity contribution in [2.24, 2.45) is 0 Å². The summed E-state index contributed by atoms with van der Waals surface area (Å²) >= 11 is 0. The number of anilines is 1. The quantitative estimate of drug-likeness (QED) is 0.563. The summed E-state index contributed by atoms with van der Waals surface area (Å²) < 4.78 is 43.0. The Morgan fingerprint density at radius 1 is 1.09 bits per heavy atom. The molecule has 9 nitrogen and oxygen atoms in total. The van der Waals surface area contributed by atoms with Gasteiger partial charge < -0.3 is 19.2 Å². The summed E-state index contributed by atoms with van der Waals surface area (Å²) in [6.07, 6.45) is 0. The fraction of sp³-hybridized carbons (Fsp3) is 0.273. The van der Waals surface area contributed by atoms with E-state index in [2.05, 4.69) is 5.32 Å². The van der Waals surface area contributed by atoms with Crippen LogP contribution in [-0.2, 0) is 19.6 Å². The first-order valence-corrected chi connectivity index (χ1v) is 11.4. The minimum Gasteiger partial charge on any atom is -0.484 e. The molecule has 0 bridgehead atoms. The molecule has 0 spiro atoms. The zero-order valence-electron chi connectivity index (χ0n) is 17.4. The first-order valence-electron chi connectivity index (χ1n) is 9.98. The Morgan fingerprint density at radius 3 is 2.62 bits per heavy atom. The van der Waals surface area contributed by atoms with E-state index in [0.717, 1.165) is 5.39 Å². The van der Waals surface area contributed by atoms with Crippen LogP contribution in [0.25, 0.3) is 11.0 Å². The van der Waals surface area contributed by atoms with Gasteiger partial charge in [-0.2, -0.15) is 4.31 Å². The minimum absolute atomic E-state index is 0.103. The maximum atomic E-state index is 12.9. The number of hydrogen-bond acceptors (Lipinski definition) is 7. The molecule has 2 heterocycles. The molecule has 1 aliphatic rings. The van der Waals surface area contributed by atoms with E-state index >= 15 is 0 Å². The summed E-state index contributed by atoms with van der Waals surface area (Å²) in [6, 6.07) is 12.5. The van der Waals surface area contributed by atoms with Crippen LogP contribution in [0.2, 0.25) is 0 Å². The van der Waals surface area contributed by atoms with E-state index in [1.165, 1.54) is 28.6 Å². The third-order valence-corrected chi connectivity index (χ3v) is 6.95. The fourth-order valence-electron chi connectivity index (χ4n) is 3.30. The number of carbonyl (C=O) groups excluding carboxylic acids is 1. The molecular formula is C22H22N2O7S. The Morgan fingerprint density at radius 2 is 1.84 bits per heavy atom. The van der Waals surface area contributed by atoms with E-state index in [9.17, 15) is 18.0 Å². The van der Waals surface area contributed by atoms with Gasteiger partial charge in [-0.25, -0.2) is 13.2 Å². The van der Waals surface area contributed by atoms with Gasteiger partial charge in [0.25, 0.3) is 5.91 Å². The second-order valence-corrected chi connectivity index (χ2v) is 9.22. The maximum Gasteiger partial charge on any atom is 0.336 e. The smallest absolute Gasteiger partial charge is 0.336 e. The van der Waals surface area contributed by atoms with Crippen LogP contribution in [0.4, 0.5) is 5.69 Å². The Bertz CT molecular complexity index is 1310. The monoisotopic (exact) mass is 458 g/mol. The van der Waals surface area contributed by atoms with Crippen LogP contribution in [0.5, 0.6) is 5.75 Å². The zero-order valence-corrected chi connectivity index (χ0v) is 18.2. The molecule has 1 aromatic heterocycles. The standard InChI is InChI=1S/C22H22N2O7S/c1-15-2-6-18(32(27,28)24-8-10-29-11-9-24)13-19(15)23-21(25)14-30-17-5-3-16-4-7-22(26)31-20(16)12-17/h2-7,12-13H,8-11,14H2,1H3,(H,23,25). The molecule has 1 aliphatic heterocycles. The van der Waals surface area contributed by atoms with Crippen molar-refractivity contribution in [1.29, 1.82) is 0 Å². The van der Waals surface area contributed by atoms with Gasteiger partial charge in [-0.3, -0.25) is 4.79 Å². The molecule has 0 radical (unpaired) electrons. The number of amides is 1. The van der Waals surface area contributed by atoms with Crippen molar-refractivity contribution in [1.82, 2.24) is 4.31 Å². The van der Waals surface area contributed by atoms with E-state index < -0.39 is 21.6 Å². The van der Waals surface area contributed by atoms with Gasteiger partial charge in [0.05, 0.1) is 18.1 Å². The summed E-state index contributed by atoms with van der Waals surface area (Å²) in [6.45, 7) is 2.75. The number of nitrogens with zero attached hydrogens (tertiary/aromatic N) is 1. The van der Waals surface area contributed by atoms with Crippen molar-refractivity contribution in [3.05, 3.63) is 64.5 Å². The van der Waals surface area contributed by atoms with Gasteiger partial charge in [-0.1, -0.05) is 6.07 Å². The van der Waals surface area contributed by atoms with Gasteiger partial charge >= 0.3 is 5.63 Å². The number of benzene rings is 2. The zero-order chi connectivity index (χ0) is 22.7. The molecular weight excluding hydrogens is 436 g/mol. The molecule has 0 aliphatic carbocycles. The highest BCUT2D eigenvalue weighted by Crippen LogP contribution is 2.24. The number of rotatable bonds is 6. The highest BCUT2D eigenvalue weighted by atomic mass is 32.2. The second kappa shape index (κ2) is 9.11. The summed E-state index contributed by atoms with van der Waals surface area (Å²) in [4.78, 5) is 23.9. The van der Waals surface area contributed by atoms with Crippen LogP contribution in [0, 0.1) is 6.92 Å². The van der Waals surface area contributed by atoms with Crippen LogP contribution in [-0.4, -0.2) is 51.5 Å². The van der Waals surface area contributed by atoms with Gasteiger partial charge in [-0.15, -0.1) is 0 Å². The van der Waals surface area contributed by atoms with Gasteiger partial charge in [0.1, 0.15) is 11.3 Å². The Kier molecular flexibility index (Phi) is 6.26. The fourth-order valence-corrected chi connectivity index (χ4v) is 4.73. The predicted molar refractivity (Wildman–Crippen MR) is 117 cm³/mol. The Hall–Kier alpha value is -3.21. The molecule has 1 N–H and O–H groups in total. The van der Waals surface area contributed by atoms with Crippen LogP contribution >= 0.6 is 0 Å². The number of sulfonamides is 1. The third kappa shape index (κ3) is 4.82. The van der Waals surface area contributed by atoms with E-state index in [1.54, 1.807) is 31.2 Å². The Labute approximate surface area is 184 Å². The summed E-state index contributed by atoms with van der Waals surface area (Å²) in [5, 5.41) is 3.43. The number of aryl methyl sites for hydroxylation is 1. The minimum atomic E-state index is -3.68. The molecule has 168 valence electrons. The number of morpholine rings is 1. The molecule has 1 fully saturated rings. The van der Waals surface area contributed by atoms with Crippen LogP contribution in [0.3, 0.4) is 0 Å². The van der Waals surface area contributed by atoms with E-state index in [0.29, 0.717) is 35.8 Å². The maximum absolute atomic E-state index is 12.9. The van der Waals surface area contributed by atoms with Crippen molar-refractivity contribution in [3.63, 3.8) is 0 Å². The lowest BCUT2D eigenvalue weighted by Crippen LogP contribution is -2.40. The van der Waals surface area contributed by atoms with E-state index in [-0.39, 0.29) is 24.6 Å². The summed E-state index contributed by atoms with van der Waals surface area (Å²) in [5.74, 6) is -0.0917. The molecule has 10 heteroatoms. The molecule has 1 saturated heterocycles. The molecule has 3 aromatic rings. The van der Waals surface area contributed by atoms with Crippen LogP contribution < -0.4 is 15.7 Å². The molecule has 0 atom stereocenters. The first kappa shape index (κ1) is 22.0. The number of hydrogen-bond donors (Lipinski definition) is 1. The number of fused-ring (bicyclic) bond motifs is 1. The van der Waals surface area contributed by atoms with Crippen molar-refractivity contribution < 1.29 is 27.1 Å². The number of nitrogens with one attached hydrogen (secondary N) is 1. The van der Waals surface area contributed by atoms with Crippen molar-refractivity contribution in [3.8, 4) is 5.75 Å². The average Bonchev–Trinajstić information content (AvgIpc) is 2.79. The third-order valence-electron chi connectivity index (χ3n) is 5.06. The topological polar surface area (TPSA) is 115 Å². The largest absolute Gasteiger partial charge is 0.484 e. The molecule has 4 rings (SSSR count). The molecule has 0 saturated carbocycles. The summed E-state index contributed by atoms with van der Waals surface area (Å²) in [5.41, 5.74) is 0.978. The normalized spacial score (nSPS) is 14.9. The van der Waals surface area contributed by atoms with Gasteiger partial charge in [0, 0.05) is 36.3 Å². The lowest BCUT2D eigenvalue weighted by atomic mass is 10.2. The highest BCUT2D eigenvalue weighted by molar-refractivity contribution is 7.89. The number of carbonyl (C=O) groups is 1. The molecule has 0 unspecified atom stereocenters. The second-order valence-electron chi connectivity index (χ2n) is 7.28. The van der Waals surface area contributed by atoms with Gasteiger partial charge in [0.2, 0.25) is 10.0 Å². The van der Waals surface area contributed by atoms with Gasteiger partial charge in [0.15, 0.2) is 6.61 Å². The van der Waals surface area contributed by atoms with Crippen LogP contribution in [0.1, 0.15) is 5.56 Å². The van der Waals surface area contributed by atoms with Crippen molar-refractivity contribution >= 4 is 32.6 Å². The molecule has 32 heavy (non-hydrogen) atoms. The molecule has 1 amide bonds. The molecule has 2 aromatic carbocycles. The van der Waals surface area contributed by atoms with Crippen molar-refractivity contribution in [2.75, 3.05) is 38.2 Å². The average molecular weight is 458 g/mol. The Balaban J connectivity index is 1.45. The van der Waals surface area contributed by atoms with Crippen molar-refractivity contribution in [2.45, 2.75) is 11.8 Å². The van der Waals surface area contributed by atoms with E-state index in [4.69, 9.17) is 13.9 Å². The van der Waals surface area contributed by atoms with Crippen LogP contribution in [0.15, 0.2) is 62.6 Å². The predicted octanol–water partition coefficient (Wildman–Crippen LogP) is 2.14. The lowest BCUT2D eigenvalue weighted by Gasteiger charge is -2.26. The lowest BCUT2D eigenvalue weighted by molar-refractivity contribution is -0.118. The SMILES string of the molecule is Cc1ccc(S(=O)(=O)N2CCOCC2)cc1NC(=O)COc1ccc2ccc(=O)oc2c1. The highest BCUT2D eigenvalue weighted by Gasteiger charge is 2.26. The number of ether oxygens (including phenoxy) is 2. The van der Waals surface area contributed by atoms with Gasteiger partial charge in [-0.05, 0) is 42.8 Å². The first-order chi connectivity index (χ1) is 15.3. The van der Waals surface area contributed by atoms with E-state index in [1.807, 2.05) is 0 Å². The summed E-state index contributed by atoms with van der Waals surface area (Å²) in [7, 11) is -3.68.